The second kappa shape index (κ2) is 10.8. The molecule has 0 aromatic heterocycles. The van der Waals surface area contributed by atoms with Crippen LogP contribution >= 0.6 is 0 Å². The van der Waals surface area contributed by atoms with E-state index in [9.17, 15) is 18.0 Å². The number of carbonyl (C=O) groups excluding carboxylic acids is 2. The SMILES string of the molecule is CCN(CC)S(=O)(=O)c1ccc(N2CCCC2)c(C(=O)OCC(=O)c2ccc(OC)cc2)c1. The highest BCUT2D eigenvalue weighted by Crippen LogP contribution is 2.29. The summed E-state index contributed by atoms with van der Waals surface area (Å²) in [5.41, 5.74) is 1.15. The fraction of sp³-hybridized carbons (Fsp3) is 0.417. The number of hydrogen-bond donors (Lipinski definition) is 0. The highest BCUT2D eigenvalue weighted by Gasteiger charge is 2.27. The normalized spacial score (nSPS) is 13.9. The summed E-state index contributed by atoms with van der Waals surface area (Å²) in [5.74, 6) is -0.471. The molecular formula is C24H30N2O6S. The van der Waals surface area contributed by atoms with Gasteiger partial charge in [0, 0.05) is 31.7 Å². The predicted octanol–water partition coefficient (Wildman–Crippen LogP) is 3.37. The molecular weight excluding hydrogens is 444 g/mol. The van der Waals surface area contributed by atoms with Crippen molar-refractivity contribution in [3.63, 3.8) is 0 Å². The van der Waals surface area contributed by atoms with Crippen LogP contribution in [-0.4, -0.2) is 64.4 Å². The van der Waals surface area contributed by atoms with Crippen LogP contribution in [0.25, 0.3) is 0 Å². The molecule has 0 unspecified atom stereocenters. The predicted molar refractivity (Wildman–Crippen MR) is 126 cm³/mol. The summed E-state index contributed by atoms with van der Waals surface area (Å²) in [6, 6.07) is 11.1. The second-order valence-electron chi connectivity index (χ2n) is 7.69. The molecule has 3 rings (SSSR count). The summed E-state index contributed by atoms with van der Waals surface area (Å²) in [4.78, 5) is 27.6. The Balaban J connectivity index is 1.86. The van der Waals surface area contributed by atoms with Gasteiger partial charge < -0.3 is 14.4 Å². The van der Waals surface area contributed by atoms with Crippen LogP contribution in [-0.2, 0) is 14.8 Å². The number of methoxy groups -OCH3 is 1. The molecule has 0 aliphatic carbocycles. The van der Waals surface area contributed by atoms with E-state index in [1.54, 1.807) is 44.2 Å². The van der Waals surface area contributed by atoms with Crippen LogP contribution in [0.5, 0.6) is 5.75 Å². The van der Waals surface area contributed by atoms with Gasteiger partial charge in [0.15, 0.2) is 12.4 Å². The third-order valence-electron chi connectivity index (χ3n) is 5.72. The Hall–Kier alpha value is -2.91. The smallest absolute Gasteiger partial charge is 0.340 e. The molecule has 0 amide bonds. The highest BCUT2D eigenvalue weighted by atomic mass is 32.2. The fourth-order valence-electron chi connectivity index (χ4n) is 3.85. The Morgan fingerprint density at radius 2 is 1.64 bits per heavy atom. The van der Waals surface area contributed by atoms with Crippen molar-refractivity contribution in [1.29, 1.82) is 0 Å². The number of ketones is 1. The highest BCUT2D eigenvalue weighted by molar-refractivity contribution is 7.89. The molecule has 33 heavy (non-hydrogen) atoms. The summed E-state index contributed by atoms with van der Waals surface area (Å²) < 4.78 is 37.7. The van der Waals surface area contributed by atoms with Gasteiger partial charge in [-0.3, -0.25) is 4.79 Å². The Morgan fingerprint density at radius 1 is 1.00 bits per heavy atom. The molecule has 1 fully saturated rings. The molecule has 1 aliphatic rings. The van der Waals surface area contributed by atoms with Gasteiger partial charge in [-0.25, -0.2) is 13.2 Å². The van der Waals surface area contributed by atoms with Gasteiger partial charge in [0.05, 0.1) is 23.3 Å². The number of nitrogens with zero attached hydrogens (tertiary/aromatic N) is 2. The van der Waals surface area contributed by atoms with E-state index in [0.717, 1.165) is 25.9 Å². The maximum atomic E-state index is 13.0. The minimum atomic E-state index is -3.75. The van der Waals surface area contributed by atoms with Crippen molar-refractivity contribution in [2.75, 3.05) is 44.8 Å². The first-order valence-electron chi connectivity index (χ1n) is 11.0. The van der Waals surface area contributed by atoms with E-state index in [1.165, 1.54) is 23.5 Å². The molecule has 9 heteroatoms. The van der Waals surface area contributed by atoms with Gasteiger partial charge in [-0.05, 0) is 55.3 Å². The average Bonchev–Trinajstić information content (AvgIpc) is 3.37. The maximum Gasteiger partial charge on any atom is 0.340 e. The van der Waals surface area contributed by atoms with Crippen LogP contribution in [0.4, 0.5) is 5.69 Å². The summed E-state index contributed by atoms with van der Waals surface area (Å²) in [5, 5.41) is 0. The van der Waals surface area contributed by atoms with E-state index in [0.29, 0.717) is 30.1 Å². The number of sulfonamides is 1. The molecule has 0 radical (unpaired) electrons. The number of Topliss-reactive ketones (excluding diaryl/α,β-unsaturated/α-hetero) is 1. The molecule has 1 saturated heterocycles. The van der Waals surface area contributed by atoms with Crippen molar-refractivity contribution in [2.45, 2.75) is 31.6 Å². The quantitative estimate of drug-likeness (QED) is 0.385. The molecule has 0 bridgehead atoms. The van der Waals surface area contributed by atoms with Gasteiger partial charge in [-0.15, -0.1) is 0 Å². The Bertz CT molecular complexity index is 1090. The molecule has 0 spiro atoms. The van der Waals surface area contributed by atoms with Gasteiger partial charge in [0.25, 0.3) is 0 Å². The molecule has 178 valence electrons. The van der Waals surface area contributed by atoms with Gasteiger partial charge in [-0.1, -0.05) is 13.8 Å². The van der Waals surface area contributed by atoms with Gasteiger partial charge >= 0.3 is 5.97 Å². The van der Waals surface area contributed by atoms with Crippen LogP contribution in [0.15, 0.2) is 47.4 Å². The topological polar surface area (TPSA) is 93.2 Å². The van der Waals surface area contributed by atoms with Crippen molar-refractivity contribution >= 4 is 27.5 Å². The van der Waals surface area contributed by atoms with Crippen molar-refractivity contribution in [2.24, 2.45) is 0 Å². The largest absolute Gasteiger partial charge is 0.497 e. The first kappa shape index (κ1) is 24.7. The monoisotopic (exact) mass is 474 g/mol. The number of rotatable bonds is 10. The second-order valence-corrected chi connectivity index (χ2v) is 9.63. The van der Waals surface area contributed by atoms with Crippen LogP contribution in [0.3, 0.4) is 0 Å². The summed E-state index contributed by atoms with van der Waals surface area (Å²) in [6.45, 7) is 5.27. The van der Waals surface area contributed by atoms with Crippen molar-refractivity contribution in [3.05, 3.63) is 53.6 Å². The lowest BCUT2D eigenvalue weighted by molar-refractivity contribution is 0.0475. The fourth-order valence-corrected chi connectivity index (χ4v) is 5.34. The third-order valence-corrected chi connectivity index (χ3v) is 7.77. The zero-order valence-corrected chi connectivity index (χ0v) is 20.1. The third kappa shape index (κ3) is 5.54. The number of esters is 1. The van der Waals surface area contributed by atoms with Crippen LogP contribution in [0.2, 0.25) is 0 Å². The number of hydrogen-bond acceptors (Lipinski definition) is 7. The standard InChI is InChI=1S/C24H30N2O6S/c1-4-26(5-2)33(29,30)20-12-13-22(25-14-6-7-15-25)21(16-20)24(28)32-17-23(27)18-8-10-19(31-3)11-9-18/h8-13,16H,4-7,14-15,17H2,1-3H3. The van der Waals surface area contributed by atoms with E-state index < -0.39 is 22.6 Å². The number of benzene rings is 2. The number of carbonyl (C=O) groups is 2. The lowest BCUT2D eigenvalue weighted by Crippen LogP contribution is -2.31. The minimum absolute atomic E-state index is 0.0302. The van der Waals surface area contributed by atoms with Gasteiger partial charge in [-0.2, -0.15) is 4.31 Å². The summed E-state index contributed by atoms with van der Waals surface area (Å²) >= 11 is 0. The van der Waals surface area contributed by atoms with E-state index in [-0.39, 0.29) is 16.2 Å². The zero-order chi connectivity index (χ0) is 24.0. The lowest BCUT2D eigenvalue weighted by atomic mass is 10.1. The van der Waals surface area contributed by atoms with E-state index in [2.05, 4.69) is 0 Å². The Kier molecular flexibility index (Phi) is 8.10. The minimum Gasteiger partial charge on any atom is -0.497 e. The molecule has 8 nitrogen and oxygen atoms in total. The van der Waals surface area contributed by atoms with Crippen molar-refractivity contribution < 1.29 is 27.5 Å². The lowest BCUT2D eigenvalue weighted by Gasteiger charge is -2.23. The molecule has 1 heterocycles. The molecule has 0 atom stereocenters. The molecule has 1 aliphatic heterocycles. The Morgan fingerprint density at radius 3 is 2.21 bits per heavy atom. The number of anilines is 1. The molecule has 0 saturated carbocycles. The van der Waals surface area contributed by atoms with E-state index in [4.69, 9.17) is 9.47 Å². The number of ether oxygens (including phenoxy) is 2. The zero-order valence-electron chi connectivity index (χ0n) is 19.2. The van der Waals surface area contributed by atoms with E-state index >= 15 is 0 Å². The summed E-state index contributed by atoms with van der Waals surface area (Å²) in [6.07, 6.45) is 1.98. The first-order chi connectivity index (χ1) is 15.8. The van der Waals surface area contributed by atoms with Crippen molar-refractivity contribution in [3.8, 4) is 5.75 Å². The maximum absolute atomic E-state index is 13.0. The Labute approximate surface area is 195 Å². The first-order valence-corrected chi connectivity index (χ1v) is 12.5. The van der Waals surface area contributed by atoms with Crippen LogP contribution < -0.4 is 9.64 Å². The molecule has 2 aromatic carbocycles. The average molecular weight is 475 g/mol. The van der Waals surface area contributed by atoms with Crippen molar-refractivity contribution in [1.82, 2.24) is 4.31 Å². The van der Waals surface area contributed by atoms with Gasteiger partial charge in [0.2, 0.25) is 10.0 Å². The van der Waals surface area contributed by atoms with Crippen LogP contribution in [0, 0.1) is 0 Å². The molecule has 2 aromatic rings. The van der Waals surface area contributed by atoms with E-state index in [1.807, 2.05) is 4.90 Å². The van der Waals surface area contributed by atoms with Crippen LogP contribution in [0.1, 0.15) is 47.4 Å². The van der Waals surface area contributed by atoms with Gasteiger partial charge in [0.1, 0.15) is 5.75 Å². The molecule has 0 N–H and O–H groups in total. The summed E-state index contributed by atoms with van der Waals surface area (Å²) in [7, 11) is -2.22.